The van der Waals surface area contributed by atoms with Gasteiger partial charge < -0.3 is 10.5 Å². The number of nitrogens with zero attached hydrogens (tertiary/aromatic N) is 1. The van der Waals surface area contributed by atoms with Gasteiger partial charge >= 0.3 is 0 Å². The molecule has 0 heterocycles. The van der Waals surface area contributed by atoms with Gasteiger partial charge in [0.2, 0.25) is 0 Å². The van der Waals surface area contributed by atoms with Gasteiger partial charge in [-0.25, -0.2) is 0 Å². The van der Waals surface area contributed by atoms with Crippen molar-refractivity contribution in [2.24, 2.45) is 5.73 Å². The van der Waals surface area contributed by atoms with Crippen molar-refractivity contribution in [3.05, 3.63) is 63.7 Å². The largest absolute Gasteiger partial charge is 0.457 e. The maximum Gasteiger partial charge on any atom is 0.272 e. The molecule has 20 heavy (non-hydrogen) atoms. The third-order valence-electron chi connectivity index (χ3n) is 3.00. The van der Waals surface area contributed by atoms with E-state index in [1.165, 1.54) is 6.07 Å². The third-order valence-corrected chi connectivity index (χ3v) is 3.00. The highest BCUT2D eigenvalue weighted by molar-refractivity contribution is 5.46. The summed E-state index contributed by atoms with van der Waals surface area (Å²) in [5.41, 5.74) is 7.43. The topological polar surface area (TPSA) is 78.4 Å². The Bertz CT molecular complexity index is 639. The highest BCUT2D eigenvalue weighted by atomic mass is 16.6. The van der Waals surface area contributed by atoms with Crippen LogP contribution in [0.25, 0.3) is 0 Å². The van der Waals surface area contributed by atoms with E-state index in [9.17, 15) is 10.1 Å². The van der Waals surface area contributed by atoms with Crippen LogP contribution >= 0.6 is 0 Å². The molecule has 5 heteroatoms. The van der Waals surface area contributed by atoms with Crippen LogP contribution in [0.15, 0.2) is 42.5 Å². The van der Waals surface area contributed by atoms with Crippen LogP contribution in [0.2, 0.25) is 0 Å². The molecule has 0 unspecified atom stereocenters. The number of nitro groups is 1. The van der Waals surface area contributed by atoms with E-state index in [4.69, 9.17) is 10.5 Å². The van der Waals surface area contributed by atoms with E-state index >= 15 is 0 Å². The zero-order valence-electron chi connectivity index (χ0n) is 11.4. The number of hydrogen-bond acceptors (Lipinski definition) is 4. The molecule has 0 aromatic heterocycles. The van der Waals surface area contributed by atoms with E-state index in [1.54, 1.807) is 19.1 Å². The summed E-state index contributed by atoms with van der Waals surface area (Å²) in [7, 11) is 0. The van der Waals surface area contributed by atoms with Gasteiger partial charge in [0, 0.05) is 23.2 Å². The first kappa shape index (κ1) is 14.0. The van der Waals surface area contributed by atoms with Crippen LogP contribution < -0.4 is 10.5 Å². The zero-order valence-corrected chi connectivity index (χ0v) is 11.4. The molecule has 2 N–H and O–H groups in total. The van der Waals surface area contributed by atoms with Gasteiger partial charge in [-0.05, 0) is 32.0 Å². The van der Waals surface area contributed by atoms with Crippen molar-refractivity contribution in [3.63, 3.8) is 0 Å². The van der Waals surface area contributed by atoms with Crippen LogP contribution in [-0.2, 0) is 0 Å². The second-order valence-corrected chi connectivity index (χ2v) is 4.63. The van der Waals surface area contributed by atoms with Crippen LogP contribution in [0.3, 0.4) is 0 Å². The van der Waals surface area contributed by atoms with Crippen molar-refractivity contribution >= 4 is 5.69 Å². The lowest BCUT2D eigenvalue weighted by molar-refractivity contribution is -0.385. The standard InChI is InChI=1S/C15H16N2O3/c1-10-9-12(7-8-14(10)17(18)19)20-15-6-4-3-5-13(15)11(2)16/h3-9,11H,16H2,1-2H3/t11-/m1/s1. The molecule has 0 fully saturated rings. The Morgan fingerprint density at radius 2 is 1.95 bits per heavy atom. The van der Waals surface area contributed by atoms with Crippen LogP contribution in [-0.4, -0.2) is 4.92 Å². The molecular weight excluding hydrogens is 256 g/mol. The fourth-order valence-electron chi connectivity index (χ4n) is 1.97. The van der Waals surface area contributed by atoms with E-state index < -0.39 is 4.92 Å². The molecule has 0 amide bonds. The number of para-hydroxylation sites is 1. The summed E-state index contributed by atoms with van der Waals surface area (Å²) in [5, 5.41) is 10.8. The van der Waals surface area contributed by atoms with Gasteiger partial charge in [0.15, 0.2) is 0 Å². The third kappa shape index (κ3) is 2.95. The SMILES string of the molecule is Cc1cc(Oc2ccccc2[C@@H](C)N)ccc1[N+](=O)[O-]. The van der Waals surface area contributed by atoms with Crippen molar-refractivity contribution < 1.29 is 9.66 Å². The fourth-order valence-corrected chi connectivity index (χ4v) is 1.97. The Kier molecular flexibility index (Phi) is 4.00. The molecule has 0 radical (unpaired) electrons. The smallest absolute Gasteiger partial charge is 0.272 e. The minimum atomic E-state index is -0.408. The average Bonchev–Trinajstić information content (AvgIpc) is 2.38. The Morgan fingerprint density at radius 3 is 2.55 bits per heavy atom. The van der Waals surface area contributed by atoms with Gasteiger partial charge in [0.05, 0.1) is 4.92 Å². The predicted octanol–water partition coefficient (Wildman–Crippen LogP) is 3.72. The lowest BCUT2D eigenvalue weighted by atomic mass is 10.1. The minimum Gasteiger partial charge on any atom is -0.457 e. The quantitative estimate of drug-likeness (QED) is 0.679. The van der Waals surface area contributed by atoms with Crippen LogP contribution in [0, 0.1) is 17.0 Å². The summed E-state index contributed by atoms with van der Waals surface area (Å²) in [5.74, 6) is 1.22. The zero-order chi connectivity index (χ0) is 14.7. The van der Waals surface area contributed by atoms with E-state index in [0.29, 0.717) is 17.1 Å². The Hall–Kier alpha value is -2.40. The van der Waals surface area contributed by atoms with Gasteiger partial charge in [-0.1, -0.05) is 18.2 Å². The van der Waals surface area contributed by atoms with Gasteiger partial charge in [0.25, 0.3) is 5.69 Å². The molecule has 0 saturated carbocycles. The van der Waals surface area contributed by atoms with Crippen LogP contribution in [0.1, 0.15) is 24.1 Å². The number of nitrogens with two attached hydrogens (primary N) is 1. The van der Waals surface area contributed by atoms with Gasteiger partial charge in [-0.2, -0.15) is 0 Å². The fraction of sp³-hybridized carbons (Fsp3) is 0.200. The highest BCUT2D eigenvalue weighted by Gasteiger charge is 2.12. The predicted molar refractivity (Wildman–Crippen MR) is 77.0 cm³/mol. The van der Waals surface area contributed by atoms with Gasteiger partial charge in [-0.15, -0.1) is 0 Å². The van der Waals surface area contributed by atoms with E-state index in [2.05, 4.69) is 0 Å². The molecule has 5 nitrogen and oxygen atoms in total. The molecule has 0 saturated heterocycles. The van der Waals surface area contributed by atoms with Crippen molar-refractivity contribution in [3.8, 4) is 11.5 Å². The Balaban J connectivity index is 2.31. The van der Waals surface area contributed by atoms with Crippen molar-refractivity contribution in [2.75, 3.05) is 0 Å². The number of aryl methyl sites for hydroxylation is 1. The molecule has 0 aliphatic rings. The van der Waals surface area contributed by atoms with E-state index in [0.717, 1.165) is 5.56 Å². The summed E-state index contributed by atoms with van der Waals surface area (Å²) in [6.07, 6.45) is 0. The first-order chi connectivity index (χ1) is 9.49. The van der Waals surface area contributed by atoms with Crippen molar-refractivity contribution in [2.45, 2.75) is 19.9 Å². The van der Waals surface area contributed by atoms with Gasteiger partial charge in [-0.3, -0.25) is 10.1 Å². The monoisotopic (exact) mass is 272 g/mol. The molecule has 2 aromatic carbocycles. The first-order valence-corrected chi connectivity index (χ1v) is 6.26. The lowest BCUT2D eigenvalue weighted by Gasteiger charge is -2.13. The molecular formula is C15H16N2O3. The number of hydrogen-bond donors (Lipinski definition) is 1. The van der Waals surface area contributed by atoms with Crippen LogP contribution in [0.4, 0.5) is 5.69 Å². The minimum absolute atomic E-state index is 0.0813. The Labute approximate surface area is 117 Å². The molecule has 1 atom stereocenters. The number of rotatable bonds is 4. The second-order valence-electron chi connectivity index (χ2n) is 4.63. The molecule has 2 aromatic rings. The summed E-state index contributed by atoms with van der Waals surface area (Å²) in [6.45, 7) is 3.56. The van der Waals surface area contributed by atoms with Gasteiger partial charge in [0.1, 0.15) is 11.5 Å². The summed E-state index contributed by atoms with van der Waals surface area (Å²) >= 11 is 0. The average molecular weight is 272 g/mol. The molecule has 2 rings (SSSR count). The normalized spacial score (nSPS) is 11.9. The maximum atomic E-state index is 10.8. The molecule has 0 spiro atoms. The molecule has 0 aliphatic heterocycles. The van der Waals surface area contributed by atoms with Crippen LogP contribution in [0.5, 0.6) is 11.5 Å². The maximum absolute atomic E-state index is 10.8. The first-order valence-electron chi connectivity index (χ1n) is 6.26. The van der Waals surface area contributed by atoms with E-state index in [-0.39, 0.29) is 11.7 Å². The number of ether oxygens (including phenoxy) is 1. The number of benzene rings is 2. The molecule has 0 aliphatic carbocycles. The van der Waals surface area contributed by atoms with Crippen molar-refractivity contribution in [1.82, 2.24) is 0 Å². The lowest BCUT2D eigenvalue weighted by Crippen LogP contribution is -2.06. The molecule has 0 bridgehead atoms. The summed E-state index contributed by atoms with van der Waals surface area (Å²) < 4.78 is 5.78. The van der Waals surface area contributed by atoms with E-state index in [1.807, 2.05) is 31.2 Å². The Morgan fingerprint density at radius 1 is 1.25 bits per heavy atom. The number of nitro benzene ring substituents is 1. The summed E-state index contributed by atoms with van der Waals surface area (Å²) in [6, 6.07) is 12.0. The molecule has 104 valence electrons. The van der Waals surface area contributed by atoms with Crippen molar-refractivity contribution in [1.29, 1.82) is 0 Å². The second kappa shape index (κ2) is 5.71. The highest BCUT2D eigenvalue weighted by Crippen LogP contribution is 2.31. The summed E-state index contributed by atoms with van der Waals surface area (Å²) in [4.78, 5) is 10.4.